The zero-order valence-corrected chi connectivity index (χ0v) is 20.3. The van der Waals surface area contributed by atoms with Crippen LogP contribution in [0.2, 0.25) is 0 Å². The largest absolute Gasteiger partial charge is 0.494 e. The monoisotopic (exact) mass is 498 g/mol. The van der Waals surface area contributed by atoms with Crippen molar-refractivity contribution >= 4 is 67.3 Å². The molecule has 2 aromatic carbocycles. The van der Waals surface area contributed by atoms with Gasteiger partial charge in [0.05, 0.1) is 22.6 Å². The van der Waals surface area contributed by atoms with Crippen LogP contribution in [-0.2, 0) is 4.79 Å². The number of thioether (sulfide) groups is 1. The Morgan fingerprint density at radius 3 is 2.73 bits per heavy atom. The fourth-order valence-corrected chi connectivity index (χ4v) is 5.30. The second kappa shape index (κ2) is 11.3. The van der Waals surface area contributed by atoms with Crippen molar-refractivity contribution in [2.24, 2.45) is 0 Å². The Balaban J connectivity index is 1.34. The molecule has 0 aliphatic heterocycles. The van der Waals surface area contributed by atoms with Crippen LogP contribution in [0.3, 0.4) is 0 Å². The number of hydrogen-bond acceptors (Lipinski definition) is 8. The lowest BCUT2D eigenvalue weighted by molar-refractivity contribution is -0.113. The Bertz CT molecular complexity index is 1220. The van der Waals surface area contributed by atoms with E-state index in [-0.39, 0.29) is 17.6 Å². The summed E-state index contributed by atoms with van der Waals surface area (Å²) in [4.78, 5) is 33.3. The number of hydrogen-bond donors (Lipinski definition) is 2. The van der Waals surface area contributed by atoms with Crippen LogP contribution < -0.4 is 15.4 Å². The van der Waals surface area contributed by atoms with Gasteiger partial charge in [0.1, 0.15) is 5.75 Å². The molecule has 0 saturated carbocycles. The molecule has 0 atom stereocenters. The van der Waals surface area contributed by atoms with Crippen molar-refractivity contribution in [3.63, 3.8) is 0 Å². The average molecular weight is 499 g/mol. The van der Waals surface area contributed by atoms with Crippen LogP contribution in [0.5, 0.6) is 5.75 Å². The molecule has 0 aliphatic rings. The van der Waals surface area contributed by atoms with Crippen molar-refractivity contribution in [3.05, 3.63) is 59.6 Å². The highest BCUT2D eigenvalue weighted by Gasteiger charge is 2.11. The number of anilines is 2. The van der Waals surface area contributed by atoms with Gasteiger partial charge in [-0.1, -0.05) is 25.1 Å². The molecule has 0 spiro atoms. The summed E-state index contributed by atoms with van der Waals surface area (Å²) < 4.78 is 7.38. The Morgan fingerprint density at radius 2 is 1.97 bits per heavy atom. The predicted molar refractivity (Wildman–Crippen MR) is 136 cm³/mol. The molecule has 170 valence electrons. The van der Waals surface area contributed by atoms with E-state index in [1.807, 2.05) is 35.7 Å². The molecule has 7 nitrogen and oxygen atoms in total. The van der Waals surface area contributed by atoms with Gasteiger partial charge in [-0.2, -0.15) is 0 Å². The van der Waals surface area contributed by atoms with Gasteiger partial charge in [0, 0.05) is 22.8 Å². The molecule has 0 saturated heterocycles. The lowest BCUT2D eigenvalue weighted by Gasteiger charge is -2.07. The number of carbonyl (C=O) groups excluding carboxylic acids is 2. The molecular weight excluding hydrogens is 476 g/mol. The van der Waals surface area contributed by atoms with Gasteiger partial charge in [-0.3, -0.25) is 9.59 Å². The summed E-state index contributed by atoms with van der Waals surface area (Å²) in [5.74, 6) is 0.703. The van der Waals surface area contributed by atoms with E-state index in [0.717, 1.165) is 33.1 Å². The number of unbranched alkanes of at least 4 members (excludes halogenated alkanes) is 1. The summed E-state index contributed by atoms with van der Waals surface area (Å²) in [7, 11) is 0. The van der Waals surface area contributed by atoms with E-state index in [0.29, 0.717) is 23.0 Å². The molecule has 4 rings (SSSR count). The second-order valence-electron chi connectivity index (χ2n) is 7.02. The lowest BCUT2D eigenvalue weighted by atomic mass is 10.2. The number of ether oxygens (including phenoxy) is 1. The molecule has 0 fully saturated rings. The summed E-state index contributed by atoms with van der Waals surface area (Å²) in [6, 6.07) is 12.7. The minimum atomic E-state index is -0.188. The Morgan fingerprint density at radius 1 is 1.12 bits per heavy atom. The molecule has 10 heteroatoms. The van der Waals surface area contributed by atoms with Crippen LogP contribution in [0.1, 0.15) is 30.1 Å². The Kier molecular flexibility index (Phi) is 7.92. The van der Waals surface area contributed by atoms with E-state index in [1.165, 1.54) is 34.4 Å². The molecule has 2 aromatic heterocycles. The summed E-state index contributed by atoms with van der Waals surface area (Å²) in [5.41, 5.74) is 2.08. The number of amides is 2. The van der Waals surface area contributed by atoms with Crippen molar-refractivity contribution in [1.29, 1.82) is 0 Å². The topological polar surface area (TPSA) is 93.2 Å². The van der Waals surface area contributed by atoms with Crippen LogP contribution >= 0.6 is 34.4 Å². The van der Waals surface area contributed by atoms with E-state index in [2.05, 4.69) is 27.5 Å². The summed E-state index contributed by atoms with van der Waals surface area (Å²) in [6.45, 7) is 2.79. The van der Waals surface area contributed by atoms with E-state index < -0.39 is 0 Å². The van der Waals surface area contributed by atoms with Crippen LogP contribution in [0.4, 0.5) is 10.8 Å². The van der Waals surface area contributed by atoms with Gasteiger partial charge in [-0.25, -0.2) is 9.97 Å². The fourth-order valence-electron chi connectivity index (χ4n) is 2.85. The Labute approximate surface area is 203 Å². The third kappa shape index (κ3) is 6.53. The Hall–Kier alpha value is -2.95. The fraction of sp³-hybridized carbons (Fsp3) is 0.217. The van der Waals surface area contributed by atoms with E-state index in [9.17, 15) is 9.59 Å². The van der Waals surface area contributed by atoms with Gasteiger partial charge in [-0.15, -0.1) is 22.7 Å². The second-order valence-corrected chi connectivity index (χ2v) is 10.2. The van der Waals surface area contributed by atoms with Crippen molar-refractivity contribution in [2.45, 2.75) is 24.1 Å². The van der Waals surface area contributed by atoms with E-state index >= 15 is 0 Å². The number of nitrogens with zero attached hydrogens (tertiary/aromatic N) is 2. The number of nitrogens with one attached hydrogen (secondary N) is 2. The van der Waals surface area contributed by atoms with Gasteiger partial charge in [0.25, 0.3) is 5.91 Å². The SMILES string of the molecule is CCCCOc1ccc(C(=O)Nc2ccc3nc(SCC(=O)Nc4nccs4)sc3c2)cc1. The molecule has 2 heterocycles. The highest BCUT2D eigenvalue weighted by atomic mass is 32.2. The zero-order valence-electron chi connectivity index (χ0n) is 17.9. The molecule has 0 bridgehead atoms. The van der Waals surface area contributed by atoms with Gasteiger partial charge in [-0.05, 0) is 48.9 Å². The first-order valence-electron chi connectivity index (χ1n) is 10.4. The molecule has 33 heavy (non-hydrogen) atoms. The van der Waals surface area contributed by atoms with Crippen LogP contribution in [0.15, 0.2) is 58.4 Å². The zero-order chi connectivity index (χ0) is 23.0. The third-order valence-electron chi connectivity index (χ3n) is 4.52. The maximum absolute atomic E-state index is 12.6. The van der Waals surface area contributed by atoms with E-state index in [4.69, 9.17) is 4.74 Å². The number of carbonyl (C=O) groups is 2. The van der Waals surface area contributed by atoms with Crippen molar-refractivity contribution < 1.29 is 14.3 Å². The molecule has 0 unspecified atom stereocenters. The quantitative estimate of drug-likeness (QED) is 0.208. The third-order valence-corrected chi connectivity index (χ3v) is 7.36. The average Bonchev–Trinajstić information content (AvgIpc) is 3.47. The van der Waals surface area contributed by atoms with E-state index in [1.54, 1.807) is 18.3 Å². The van der Waals surface area contributed by atoms with Crippen LogP contribution in [0.25, 0.3) is 10.2 Å². The van der Waals surface area contributed by atoms with Crippen molar-refractivity contribution in [2.75, 3.05) is 23.0 Å². The normalized spacial score (nSPS) is 10.8. The number of rotatable bonds is 10. The number of fused-ring (bicyclic) bond motifs is 1. The minimum absolute atomic E-state index is 0.121. The van der Waals surface area contributed by atoms with Gasteiger partial charge in [0.2, 0.25) is 5.91 Å². The lowest BCUT2D eigenvalue weighted by Crippen LogP contribution is -2.13. The molecular formula is C23H22N4O3S3. The summed E-state index contributed by atoms with van der Waals surface area (Å²) in [5, 5.41) is 8.08. The van der Waals surface area contributed by atoms with Crippen LogP contribution in [-0.4, -0.2) is 34.1 Å². The van der Waals surface area contributed by atoms with Gasteiger partial charge in [0.15, 0.2) is 9.47 Å². The number of thiazole rings is 2. The predicted octanol–water partition coefficient (Wildman–Crippen LogP) is 5.91. The summed E-state index contributed by atoms with van der Waals surface area (Å²) >= 11 is 4.24. The first-order valence-corrected chi connectivity index (χ1v) is 13.1. The standard InChI is InChI=1S/C23H22N4O3S3/c1-2-3-11-30-17-7-4-15(5-8-17)21(29)25-16-6-9-18-19(13-16)33-23(26-18)32-14-20(28)27-22-24-10-12-31-22/h4-10,12-13H,2-3,11,14H2,1H3,(H,25,29)(H,24,27,28). The molecule has 0 radical (unpaired) electrons. The highest BCUT2D eigenvalue weighted by molar-refractivity contribution is 8.01. The molecule has 2 amide bonds. The molecule has 0 aliphatic carbocycles. The molecule has 2 N–H and O–H groups in total. The highest BCUT2D eigenvalue weighted by Crippen LogP contribution is 2.31. The van der Waals surface area contributed by atoms with Gasteiger partial charge < -0.3 is 15.4 Å². The first-order chi connectivity index (χ1) is 16.1. The number of benzene rings is 2. The van der Waals surface area contributed by atoms with Crippen molar-refractivity contribution in [3.8, 4) is 5.75 Å². The first kappa shape index (κ1) is 23.2. The van der Waals surface area contributed by atoms with Crippen LogP contribution in [0, 0.1) is 0 Å². The number of aromatic nitrogens is 2. The molecule has 4 aromatic rings. The summed E-state index contributed by atoms with van der Waals surface area (Å²) in [6.07, 6.45) is 3.73. The minimum Gasteiger partial charge on any atom is -0.494 e. The maximum Gasteiger partial charge on any atom is 0.255 e. The van der Waals surface area contributed by atoms with Crippen molar-refractivity contribution in [1.82, 2.24) is 9.97 Å². The smallest absolute Gasteiger partial charge is 0.255 e. The van der Waals surface area contributed by atoms with Gasteiger partial charge >= 0.3 is 0 Å². The maximum atomic E-state index is 12.6.